The van der Waals surface area contributed by atoms with Crippen LogP contribution < -0.4 is 9.58 Å². The Hall–Kier alpha value is -3.74. The second kappa shape index (κ2) is 10.0. The van der Waals surface area contributed by atoms with E-state index in [9.17, 15) is 10.0 Å². The van der Waals surface area contributed by atoms with Crippen molar-refractivity contribution in [1.29, 1.82) is 0 Å². The Morgan fingerprint density at radius 1 is 1.00 bits per heavy atom. The molecule has 0 atom stereocenters. The lowest BCUT2D eigenvalue weighted by Gasteiger charge is -2.07. The van der Waals surface area contributed by atoms with Gasteiger partial charge in [-0.2, -0.15) is 0 Å². The minimum absolute atomic E-state index is 0.341. The van der Waals surface area contributed by atoms with Crippen molar-refractivity contribution in [2.24, 2.45) is 0 Å². The van der Waals surface area contributed by atoms with Gasteiger partial charge in [0.05, 0.1) is 17.9 Å². The van der Waals surface area contributed by atoms with Gasteiger partial charge in [0.15, 0.2) is 0 Å². The van der Waals surface area contributed by atoms with Crippen molar-refractivity contribution in [1.82, 2.24) is 14.9 Å². The minimum Gasteiger partial charge on any atom is -0.691 e. The zero-order valence-corrected chi connectivity index (χ0v) is 18.1. The summed E-state index contributed by atoms with van der Waals surface area (Å²) in [4.78, 5) is 17.7. The van der Waals surface area contributed by atoms with Gasteiger partial charge < -0.3 is 9.94 Å². The van der Waals surface area contributed by atoms with Crippen LogP contribution in [0.25, 0.3) is 22.3 Å². The van der Waals surface area contributed by atoms with Crippen LogP contribution in [0.4, 0.5) is 0 Å². The van der Waals surface area contributed by atoms with Crippen molar-refractivity contribution >= 4 is 16.9 Å². The maximum atomic E-state index is 12.8. The molecule has 4 rings (SSSR count). The van der Waals surface area contributed by atoms with E-state index in [2.05, 4.69) is 17.1 Å². The van der Waals surface area contributed by atoms with Gasteiger partial charge in [-0.05, 0) is 55.0 Å². The molecule has 0 saturated heterocycles. The Bertz CT molecular complexity index is 1180. The molecule has 7 nitrogen and oxygen atoms in total. The number of carbonyl (C=O) groups excluding carboxylic acids is 1. The molecular formula is C25H26N4O3. The molecule has 2 heterocycles. The maximum absolute atomic E-state index is 12.8. The summed E-state index contributed by atoms with van der Waals surface area (Å²) >= 11 is 0. The first kappa shape index (κ1) is 21.5. The average Bonchev–Trinajstić information content (AvgIpc) is 3.18. The van der Waals surface area contributed by atoms with Gasteiger partial charge in [-0.25, -0.2) is 4.79 Å². The number of ether oxygens (including phenoxy) is 1. The Balaban J connectivity index is 1.40. The molecule has 0 spiro atoms. The van der Waals surface area contributed by atoms with E-state index in [1.54, 1.807) is 36.4 Å². The number of para-hydroxylation sites is 2. The summed E-state index contributed by atoms with van der Waals surface area (Å²) in [7, 11) is 0. The highest BCUT2D eigenvalue weighted by Crippen LogP contribution is 2.22. The predicted molar refractivity (Wildman–Crippen MR) is 122 cm³/mol. The molecule has 0 unspecified atom stereocenters. The van der Waals surface area contributed by atoms with Crippen LogP contribution in [0.3, 0.4) is 0 Å². The molecule has 0 aliphatic heterocycles. The number of rotatable bonds is 9. The minimum atomic E-state index is -0.405. The zero-order chi connectivity index (χ0) is 22.3. The van der Waals surface area contributed by atoms with Gasteiger partial charge >= 0.3 is 5.91 Å². The molecule has 0 N–H and O–H groups in total. The summed E-state index contributed by atoms with van der Waals surface area (Å²) in [5.74, 6) is 0.435. The van der Waals surface area contributed by atoms with Crippen LogP contribution in [0.1, 0.15) is 49.4 Å². The number of pyridine rings is 1. The van der Waals surface area contributed by atoms with Crippen molar-refractivity contribution in [3.63, 3.8) is 0 Å². The molecule has 0 saturated carbocycles. The van der Waals surface area contributed by atoms with E-state index in [-0.39, 0.29) is 0 Å². The highest BCUT2D eigenvalue weighted by atomic mass is 16.5. The normalized spacial score (nSPS) is 11.0. The van der Waals surface area contributed by atoms with E-state index in [1.807, 2.05) is 24.3 Å². The van der Waals surface area contributed by atoms with E-state index < -0.39 is 5.91 Å². The first-order valence-corrected chi connectivity index (χ1v) is 11.0. The molecule has 4 aromatic rings. The maximum Gasteiger partial charge on any atom is 0.368 e. The predicted octanol–water partition coefficient (Wildman–Crippen LogP) is 4.77. The number of hydrogen-bond acceptors (Lipinski definition) is 5. The third-order valence-corrected chi connectivity index (χ3v) is 5.36. The fourth-order valence-electron chi connectivity index (χ4n) is 3.56. The van der Waals surface area contributed by atoms with Crippen LogP contribution in [0.5, 0.6) is 5.75 Å². The second-order valence-corrected chi connectivity index (χ2v) is 7.69. The van der Waals surface area contributed by atoms with Crippen LogP contribution in [0, 0.1) is 5.21 Å². The van der Waals surface area contributed by atoms with Gasteiger partial charge in [0.2, 0.25) is 11.0 Å². The van der Waals surface area contributed by atoms with Crippen LogP contribution in [-0.4, -0.2) is 27.4 Å². The Kier molecular flexibility index (Phi) is 6.75. The van der Waals surface area contributed by atoms with Crippen LogP contribution in [0.2, 0.25) is 0 Å². The van der Waals surface area contributed by atoms with Crippen LogP contribution in [-0.2, 0) is 0 Å². The quantitative estimate of drug-likeness (QED) is 0.217. The van der Waals surface area contributed by atoms with E-state index in [0.29, 0.717) is 21.4 Å². The van der Waals surface area contributed by atoms with Gasteiger partial charge in [0, 0.05) is 11.8 Å². The summed E-state index contributed by atoms with van der Waals surface area (Å²) in [6, 6.07) is 18.1. The summed E-state index contributed by atoms with van der Waals surface area (Å²) in [5, 5.41) is 15.7. The number of unbranched alkanes of at least 4 members (excludes halogenated alkanes) is 4. The molecule has 0 amide bonds. The summed E-state index contributed by atoms with van der Waals surface area (Å²) in [6.07, 6.45) is 7.55. The molecular weight excluding hydrogens is 404 g/mol. The van der Waals surface area contributed by atoms with Gasteiger partial charge in [0.1, 0.15) is 11.0 Å². The number of aromatic nitrogens is 4. The van der Waals surface area contributed by atoms with E-state index in [1.165, 1.54) is 31.9 Å². The molecule has 0 fully saturated rings. The highest BCUT2D eigenvalue weighted by Gasteiger charge is 2.23. The van der Waals surface area contributed by atoms with Gasteiger partial charge in [0.25, 0.3) is 0 Å². The number of fused-ring (bicyclic) bond motifs is 1. The lowest BCUT2D eigenvalue weighted by molar-refractivity contribution is -0.645. The molecule has 0 aliphatic carbocycles. The van der Waals surface area contributed by atoms with Gasteiger partial charge in [-0.1, -0.05) is 49.4 Å². The molecule has 2 aromatic carbocycles. The Morgan fingerprint density at radius 3 is 2.53 bits per heavy atom. The Labute approximate surface area is 186 Å². The third kappa shape index (κ3) is 4.77. The van der Waals surface area contributed by atoms with Crippen molar-refractivity contribution in [3.8, 4) is 17.0 Å². The summed E-state index contributed by atoms with van der Waals surface area (Å²) in [5.41, 5.74) is 2.83. The monoisotopic (exact) mass is 430 g/mol. The number of carbonyl (C=O) groups is 1. The molecule has 0 aliphatic rings. The molecule has 2 aromatic heterocycles. The SMILES string of the molecule is CCCCCCCOc1ccc(-c2ccc(C(=O)n3n[n+]([O-])c4ccccc43)cn2)cc1. The lowest BCUT2D eigenvalue weighted by Crippen LogP contribution is -2.31. The molecule has 7 heteroatoms. The standard InChI is InChI=1S/C25H26N4O3/c1-2-3-4-5-8-17-32-21-14-11-19(12-15-21)22-16-13-20(18-26-22)25(30)28-23-9-6-7-10-24(23)29(31)27-28/h6-7,9-16,18H,2-5,8,17H2,1H3. The molecule has 0 bridgehead atoms. The summed E-state index contributed by atoms with van der Waals surface area (Å²) < 4.78 is 6.92. The van der Waals surface area contributed by atoms with Gasteiger partial charge in [-0.15, -0.1) is 4.85 Å². The fourth-order valence-corrected chi connectivity index (χ4v) is 3.56. The summed E-state index contributed by atoms with van der Waals surface area (Å²) in [6.45, 7) is 2.94. The van der Waals surface area contributed by atoms with Gasteiger partial charge in [-0.3, -0.25) is 4.98 Å². The highest BCUT2D eigenvalue weighted by molar-refractivity contribution is 5.99. The van der Waals surface area contributed by atoms with Crippen molar-refractivity contribution < 1.29 is 14.4 Å². The number of nitrogens with zero attached hydrogens (tertiary/aromatic N) is 4. The van der Waals surface area contributed by atoms with E-state index in [4.69, 9.17) is 4.74 Å². The Morgan fingerprint density at radius 2 is 1.78 bits per heavy atom. The van der Waals surface area contributed by atoms with Crippen LogP contribution in [0.15, 0.2) is 66.9 Å². The first-order chi connectivity index (χ1) is 15.7. The molecule has 0 radical (unpaired) electrons. The van der Waals surface area contributed by atoms with Crippen molar-refractivity contribution in [2.45, 2.75) is 39.0 Å². The number of hydrogen-bond donors (Lipinski definition) is 0. The van der Waals surface area contributed by atoms with Crippen molar-refractivity contribution in [2.75, 3.05) is 6.61 Å². The van der Waals surface area contributed by atoms with Crippen molar-refractivity contribution in [3.05, 3.63) is 77.6 Å². The molecule has 32 heavy (non-hydrogen) atoms. The second-order valence-electron chi connectivity index (χ2n) is 7.69. The topological polar surface area (TPSA) is 84.0 Å². The lowest BCUT2D eigenvalue weighted by atomic mass is 10.1. The van der Waals surface area contributed by atoms with E-state index in [0.717, 1.165) is 34.7 Å². The first-order valence-electron chi connectivity index (χ1n) is 11.0. The van der Waals surface area contributed by atoms with Crippen LogP contribution >= 0.6 is 0 Å². The number of benzene rings is 2. The van der Waals surface area contributed by atoms with E-state index >= 15 is 0 Å². The third-order valence-electron chi connectivity index (χ3n) is 5.36. The average molecular weight is 431 g/mol. The zero-order valence-electron chi connectivity index (χ0n) is 18.1. The molecule has 164 valence electrons. The fraction of sp³-hybridized carbons (Fsp3) is 0.280. The smallest absolute Gasteiger partial charge is 0.368 e. The largest absolute Gasteiger partial charge is 0.691 e.